The summed E-state index contributed by atoms with van der Waals surface area (Å²) in [6.45, 7) is 3.20. The first-order valence-electron chi connectivity index (χ1n) is 7.39. The number of nitrogens with two attached hydrogens (primary N) is 1. The van der Waals surface area contributed by atoms with E-state index in [1.165, 1.54) is 0 Å². The fourth-order valence-corrected chi connectivity index (χ4v) is 3.31. The minimum Gasteiger partial charge on any atom is -0.378 e. The maximum absolute atomic E-state index is 12.0. The molecule has 2 amide bonds. The van der Waals surface area contributed by atoms with E-state index < -0.39 is 5.25 Å². The number of amidine groups is 1. The van der Waals surface area contributed by atoms with Gasteiger partial charge in [0.25, 0.3) is 5.91 Å². The van der Waals surface area contributed by atoms with Gasteiger partial charge in [0.05, 0.1) is 13.2 Å². The molecule has 7 nitrogen and oxygen atoms in total. The van der Waals surface area contributed by atoms with Gasteiger partial charge in [0, 0.05) is 30.9 Å². The summed E-state index contributed by atoms with van der Waals surface area (Å²) in [6, 6.07) is 7.66. The number of benzene rings is 1. The Kier molecular flexibility index (Phi) is 4.82. The van der Waals surface area contributed by atoms with Crippen LogP contribution in [-0.2, 0) is 14.3 Å². The van der Waals surface area contributed by atoms with Gasteiger partial charge in [-0.3, -0.25) is 9.59 Å². The van der Waals surface area contributed by atoms with Crippen LogP contribution in [0.15, 0.2) is 29.3 Å². The number of anilines is 2. The normalized spacial score (nSPS) is 21.2. The quantitative estimate of drug-likeness (QED) is 0.846. The molecule has 0 unspecified atom stereocenters. The average molecular weight is 334 g/mol. The Labute approximate surface area is 138 Å². The van der Waals surface area contributed by atoms with E-state index in [4.69, 9.17) is 10.5 Å². The van der Waals surface area contributed by atoms with Crippen molar-refractivity contribution >= 4 is 40.1 Å². The molecule has 1 aromatic carbocycles. The van der Waals surface area contributed by atoms with Gasteiger partial charge in [-0.1, -0.05) is 11.8 Å². The van der Waals surface area contributed by atoms with Crippen LogP contribution in [0.25, 0.3) is 0 Å². The third-order valence-corrected chi connectivity index (χ3v) is 4.64. The van der Waals surface area contributed by atoms with Crippen LogP contribution >= 0.6 is 11.8 Å². The number of hydrogen-bond donors (Lipinski definition) is 2. The number of hydrogen-bond acceptors (Lipinski definition) is 6. The highest BCUT2D eigenvalue weighted by molar-refractivity contribution is 8.15. The first-order valence-corrected chi connectivity index (χ1v) is 8.27. The second kappa shape index (κ2) is 7.01. The van der Waals surface area contributed by atoms with E-state index in [0.29, 0.717) is 5.69 Å². The highest BCUT2D eigenvalue weighted by Gasteiger charge is 2.29. The number of amides is 2. The van der Waals surface area contributed by atoms with E-state index in [1.807, 2.05) is 24.3 Å². The molecule has 0 saturated carbocycles. The molecular formula is C15H18N4O3S. The number of carbonyl (C=O) groups excluding carboxylic acids is 2. The van der Waals surface area contributed by atoms with Crippen LogP contribution in [0.4, 0.5) is 11.4 Å². The van der Waals surface area contributed by atoms with Gasteiger partial charge in [0.2, 0.25) is 5.91 Å². The zero-order chi connectivity index (χ0) is 16.2. The molecule has 122 valence electrons. The van der Waals surface area contributed by atoms with Crippen molar-refractivity contribution in [1.29, 1.82) is 0 Å². The van der Waals surface area contributed by atoms with Crippen LogP contribution in [0.5, 0.6) is 0 Å². The molecule has 0 aliphatic carbocycles. The van der Waals surface area contributed by atoms with Crippen molar-refractivity contribution in [3.8, 4) is 0 Å². The smallest absolute Gasteiger partial charge is 0.262 e. The van der Waals surface area contributed by atoms with Crippen molar-refractivity contribution in [2.24, 2.45) is 10.7 Å². The van der Waals surface area contributed by atoms with Crippen LogP contribution in [-0.4, -0.2) is 48.5 Å². The second-order valence-corrected chi connectivity index (χ2v) is 6.52. The van der Waals surface area contributed by atoms with Crippen LogP contribution in [0, 0.1) is 0 Å². The molecule has 1 fully saturated rings. The van der Waals surface area contributed by atoms with Crippen molar-refractivity contribution in [2.45, 2.75) is 11.7 Å². The Morgan fingerprint density at radius 1 is 1.35 bits per heavy atom. The monoisotopic (exact) mass is 334 g/mol. The lowest BCUT2D eigenvalue weighted by molar-refractivity contribution is -0.121. The molecule has 0 spiro atoms. The molecule has 0 radical (unpaired) electrons. The molecule has 1 saturated heterocycles. The number of ether oxygens (including phenoxy) is 1. The average Bonchev–Trinajstić information content (AvgIpc) is 2.86. The Hall–Kier alpha value is -2.06. The van der Waals surface area contributed by atoms with Crippen molar-refractivity contribution in [3.63, 3.8) is 0 Å². The van der Waals surface area contributed by atoms with Gasteiger partial charge in [0.15, 0.2) is 5.17 Å². The molecule has 3 rings (SSSR count). The summed E-state index contributed by atoms with van der Waals surface area (Å²) in [7, 11) is 0. The summed E-state index contributed by atoms with van der Waals surface area (Å²) in [4.78, 5) is 29.4. The molecule has 8 heteroatoms. The summed E-state index contributed by atoms with van der Waals surface area (Å²) >= 11 is 1.13. The molecular weight excluding hydrogens is 316 g/mol. The molecule has 2 aliphatic rings. The maximum Gasteiger partial charge on any atom is 0.262 e. The molecule has 1 aromatic rings. The van der Waals surface area contributed by atoms with Crippen molar-refractivity contribution in [3.05, 3.63) is 24.3 Å². The third-order valence-electron chi connectivity index (χ3n) is 3.66. The fraction of sp³-hybridized carbons (Fsp3) is 0.400. The highest BCUT2D eigenvalue weighted by Crippen LogP contribution is 2.24. The number of thioether (sulfide) groups is 1. The predicted octanol–water partition coefficient (Wildman–Crippen LogP) is 0.809. The number of nitrogens with one attached hydrogen (secondary N) is 1. The van der Waals surface area contributed by atoms with Crippen LogP contribution in [0.3, 0.4) is 0 Å². The van der Waals surface area contributed by atoms with E-state index in [2.05, 4.69) is 15.2 Å². The minimum absolute atomic E-state index is 0.0684. The zero-order valence-corrected chi connectivity index (χ0v) is 13.3. The molecule has 0 bridgehead atoms. The van der Waals surface area contributed by atoms with Gasteiger partial charge in [-0.25, -0.2) is 0 Å². The van der Waals surface area contributed by atoms with Crippen molar-refractivity contribution in [2.75, 3.05) is 36.5 Å². The summed E-state index contributed by atoms with van der Waals surface area (Å²) in [5.41, 5.74) is 7.29. The Morgan fingerprint density at radius 3 is 2.65 bits per heavy atom. The largest absolute Gasteiger partial charge is 0.378 e. The topological polar surface area (TPSA) is 97.0 Å². The first kappa shape index (κ1) is 15.8. The predicted molar refractivity (Wildman–Crippen MR) is 90.7 cm³/mol. The van der Waals surface area contributed by atoms with Crippen LogP contribution < -0.4 is 16.0 Å². The van der Waals surface area contributed by atoms with Crippen LogP contribution in [0.2, 0.25) is 0 Å². The summed E-state index contributed by atoms with van der Waals surface area (Å²) in [5, 5.41) is 2.51. The van der Waals surface area contributed by atoms with E-state index in [0.717, 1.165) is 43.8 Å². The molecule has 2 aliphatic heterocycles. The van der Waals surface area contributed by atoms with Crippen molar-refractivity contribution in [1.82, 2.24) is 0 Å². The number of nitrogens with zero attached hydrogens (tertiary/aromatic N) is 2. The van der Waals surface area contributed by atoms with Gasteiger partial charge < -0.3 is 20.7 Å². The lowest BCUT2D eigenvalue weighted by Gasteiger charge is -2.28. The third kappa shape index (κ3) is 4.02. The fourth-order valence-electron chi connectivity index (χ4n) is 2.49. The second-order valence-electron chi connectivity index (χ2n) is 5.29. The van der Waals surface area contributed by atoms with Gasteiger partial charge in [-0.2, -0.15) is 4.99 Å². The van der Waals surface area contributed by atoms with E-state index >= 15 is 0 Å². The maximum atomic E-state index is 12.0. The van der Waals surface area contributed by atoms with Gasteiger partial charge in [-0.15, -0.1) is 0 Å². The molecule has 3 N–H and O–H groups in total. The summed E-state index contributed by atoms with van der Waals surface area (Å²) in [6.07, 6.45) is 0.0684. The summed E-state index contributed by atoms with van der Waals surface area (Å²) in [5.74, 6) is -0.565. The standard InChI is InChI=1S/C15H18N4O3S/c16-15-18-14(21)12(23-15)9-13(20)17-10-1-3-11(4-2-10)19-5-7-22-8-6-19/h1-4,12H,5-9H2,(H,17,20)(H2,16,18,21)/t12-/m1/s1. The SMILES string of the molecule is NC1=NC(=O)[C@@H](CC(=O)Nc2ccc(N3CCOCC3)cc2)S1. The van der Waals surface area contributed by atoms with E-state index in [-0.39, 0.29) is 23.4 Å². The molecule has 2 heterocycles. The lowest BCUT2D eigenvalue weighted by atomic mass is 10.2. The van der Waals surface area contributed by atoms with Gasteiger partial charge >= 0.3 is 0 Å². The van der Waals surface area contributed by atoms with Gasteiger partial charge in [-0.05, 0) is 24.3 Å². The van der Waals surface area contributed by atoms with E-state index in [1.54, 1.807) is 0 Å². The Bertz CT molecular complexity index is 626. The Balaban J connectivity index is 1.53. The molecule has 23 heavy (non-hydrogen) atoms. The Morgan fingerprint density at radius 2 is 2.04 bits per heavy atom. The number of carbonyl (C=O) groups is 2. The highest BCUT2D eigenvalue weighted by atomic mass is 32.2. The van der Waals surface area contributed by atoms with Crippen LogP contribution in [0.1, 0.15) is 6.42 Å². The zero-order valence-electron chi connectivity index (χ0n) is 12.5. The summed E-state index contributed by atoms with van der Waals surface area (Å²) < 4.78 is 5.33. The molecule has 0 aromatic heterocycles. The minimum atomic E-state index is -0.511. The van der Waals surface area contributed by atoms with E-state index in [9.17, 15) is 9.59 Å². The molecule has 1 atom stereocenters. The number of aliphatic imine (C=N–C) groups is 1. The van der Waals surface area contributed by atoms with Gasteiger partial charge in [0.1, 0.15) is 5.25 Å². The number of rotatable bonds is 4. The van der Waals surface area contributed by atoms with Crippen molar-refractivity contribution < 1.29 is 14.3 Å². The first-order chi connectivity index (χ1) is 11.1. The lowest BCUT2D eigenvalue weighted by Crippen LogP contribution is -2.36. The number of morpholine rings is 1.